The summed E-state index contributed by atoms with van der Waals surface area (Å²) < 4.78 is 0. The molecular weight excluding hydrogens is 159 g/mol. The average Bonchev–Trinajstić information content (AvgIpc) is 2.04. The lowest BCUT2D eigenvalue weighted by molar-refractivity contribution is 0.471. The zero-order chi connectivity index (χ0) is 10.3. The van der Waals surface area contributed by atoms with E-state index in [0.29, 0.717) is 12.5 Å². The van der Waals surface area contributed by atoms with Crippen molar-refractivity contribution in [3.63, 3.8) is 0 Å². The first-order valence-corrected chi connectivity index (χ1v) is 5.03. The standard InChI is InChI=1S/C10H23BN2/c1-6-10(7-8-12-3)11(2)9-13(4)5/h6,10,12H,1,7-9H2,2-5H3. The molecule has 3 heteroatoms. The Hall–Kier alpha value is -0.275. The van der Waals surface area contributed by atoms with Gasteiger partial charge in [-0.2, -0.15) is 0 Å². The highest BCUT2D eigenvalue weighted by Crippen LogP contribution is 2.16. The van der Waals surface area contributed by atoms with Crippen LogP contribution in [0.4, 0.5) is 0 Å². The van der Waals surface area contributed by atoms with Crippen molar-refractivity contribution >= 4 is 6.71 Å². The third-order valence-corrected chi connectivity index (χ3v) is 2.41. The number of nitrogens with one attached hydrogen (secondary N) is 1. The summed E-state index contributed by atoms with van der Waals surface area (Å²) in [6.45, 7) is 7.96. The maximum absolute atomic E-state index is 3.90. The van der Waals surface area contributed by atoms with Crippen molar-refractivity contribution in [2.45, 2.75) is 19.1 Å². The molecule has 1 N–H and O–H groups in total. The molecule has 0 aromatic carbocycles. The molecule has 1 unspecified atom stereocenters. The molecule has 0 aliphatic carbocycles. The SMILES string of the molecule is C=CC(CCNC)B(C)CN(C)C. The molecule has 0 amide bonds. The first-order chi connectivity index (χ1) is 6.11. The number of allylic oxidation sites excluding steroid dienone is 1. The van der Waals surface area contributed by atoms with Crippen molar-refractivity contribution in [3.05, 3.63) is 12.7 Å². The zero-order valence-corrected chi connectivity index (χ0v) is 9.51. The lowest BCUT2D eigenvalue weighted by Crippen LogP contribution is -2.31. The Kier molecular flexibility index (Phi) is 7.01. The van der Waals surface area contributed by atoms with Crippen LogP contribution in [-0.2, 0) is 0 Å². The summed E-state index contributed by atoms with van der Waals surface area (Å²) in [6, 6.07) is 0. The molecule has 0 aromatic heterocycles. The van der Waals surface area contributed by atoms with Gasteiger partial charge in [0.15, 0.2) is 6.71 Å². The van der Waals surface area contributed by atoms with Crippen LogP contribution in [0, 0.1) is 0 Å². The summed E-state index contributed by atoms with van der Waals surface area (Å²) in [4.78, 5) is 2.24. The van der Waals surface area contributed by atoms with E-state index in [9.17, 15) is 0 Å². The minimum atomic E-state index is 0.634. The van der Waals surface area contributed by atoms with Crippen LogP contribution in [0.1, 0.15) is 6.42 Å². The van der Waals surface area contributed by atoms with Gasteiger partial charge in [0.1, 0.15) is 0 Å². The van der Waals surface area contributed by atoms with Crippen LogP contribution in [-0.4, -0.2) is 45.7 Å². The van der Waals surface area contributed by atoms with Crippen LogP contribution in [0.15, 0.2) is 12.7 Å². The highest BCUT2D eigenvalue weighted by atomic mass is 15.0. The second kappa shape index (κ2) is 7.16. The van der Waals surface area contributed by atoms with Gasteiger partial charge in [0.05, 0.1) is 0 Å². The molecule has 0 fully saturated rings. The maximum atomic E-state index is 3.90. The Balaban J connectivity index is 3.84. The van der Waals surface area contributed by atoms with Gasteiger partial charge in [-0.3, -0.25) is 0 Å². The Labute approximate surface area is 83.5 Å². The molecule has 0 aliphatic rings. The number of rotatable bonds is 7. The molecule has 0 radical (unpaired) electrons. The van der Waals surface area contributed by atoms with Gasteiger partial charge >= 0.3 is 0 Å². The van der Waals surface area contributed by atoms with Gasteiger partial charge in [-0.25, -0.2) is 0 Å². The van der Waals surface area contributed by atoms with Crippen molar-refractivity contribution in [1.82, 2.24) is 10.2 Å². The van der Waals surface area contributed by atoms with Crippen molar-refractivity contribution in [1.29, 1.82) is 0 Å². The van der Waals surface area contributed by atoms with E-state index in [0.717, 1.165) is 13.0 Å². The number of nitrogens with zero attached hydrogens (tertiary/aromatic N) is 1. The summed E-state index contributed by atoms with van der Waals surface area (Å²) in [5.74, 6) is 0.634. The maximum Gasteiger partial charge on any atom is 0.160 e. The van der Waals surface area contributed by atoms with E-state index >= 15 is 0 Å². The quantitative estimate of drug-likeness (QED) is 0.472. The summed E-state index contributed by atoms with van der Waals surface area (Å²) in [6.07, 6.45) is 4.42. The van der Waals surface area contributed by atoms with Gasteiger partial charge < -0.3 is 10.2 Å². The summed E-state index contributed by atoms with van der Waals surface area (Å²) in [5, 5.41) is 3.18. The molecule has 1 atom stereocenters. The van der Waals surface area contributed by atoms with Crippen molar-refractivity contribution < 1.29 is 0 Å². The first kappa shape index (κ1) is 12.7. The molecule has 0 saturated heterocycles. The number of hydrogen-bond acceptors (Lipinski definition) is 2. The molecule has 2 nitrogen and oxygen atoms in total. The van der Waals surface area contributed by atoms with E-state index in [2.05, 4.69) is 43.8 Å². The first-order valence-electron chi connectivity index (χ1n) is 5.03. The molecule has 0 spiro atoms. The fourth-order valence-electron chi connectivity index (χ4n) is 1.66. The highest BCUT2D eigenvalue weighted by Gasteiger charge is 2.17. The van der Waals surface area contributed by atoms with Crippen molar-refractivity contribution in [2.24, 2.45) is 0 Å². The minimum Gasteiger partial charge on any atom is -0.320 e. The Morgan fingerprint density at radius 2 is 2.15 bits per heavy atom. The molecule has 0 rings (SSSR count). The Morgan fingerprint density at radius 3 is 2.54 bits per heavy atom. The largest absolute Gasteiger partial charge is 0.320 e. The predicted molar refractivity (Wildman–Crippen MR) is 62.7 cm³/mol. The van der Waals surface area contributed by atoms with Crippen LogP contribution in [0.5, 0.6) is 0 Å². The van der Waals surface area contributed by atoms with Gasteiger partial charge in [0.2, 0.25) is 0 Å². The third-order valence-electron chi connectivity index (χ3n) is 2.41. The van der Waals surface area contributed by atoms with Gasteiger partial charge in [0, 0.05) is 0 Å². The molecule has 0 aromatic rings. The predicted octanol–water partition coefficient (Wildman–Crippen LogP) is 1.38. The molecule has 76 valence electrons. The van der Waals surface area contributed by atoms with E-state index < -0.39 is 0 Å². The molecule has 0 aliphatic heterocycles. The third kappa shape index (κ3) is 5.89. The molecule has 0 saturated carbocycles. The molecular formula is C10H23BN2. The smallest absolute Gasteiger partial charge is 0.160 e. The Morgan fingerprint density at radius 1 is 1.54 bits per heavy atom. The second-order valence-electron chi connectivity index (χ2n) is 4.03. The fourth-order valence-corrected chi connectivity index (χ4v) is 1.66. The summed E-state index contributed by atoms with van der Waals surface area (Å²) >= 11 is 0. The minimum absolute atomic E-state index is 0.634. The lowest BCUT2D eigenvalue weighted by Gasteiger charge is -2.21. The van der Waals surface area contributed by atoms with E-state index in [1.165, 1.54) is 6.42 Å². The van der Waals surface area contributed by atoms with Crippen LogP contribution < -0.4 is 5.32 Å². The van der Waals surface area contributed by atoms with Crippen LogP contribution in [0.3, 0.4) is 0 Å². The highest BCUT2D eigenvalue weighted by molar-refractivity contribution is 6.59. The molecule has 0 heterocycles. The average molecular weight is 182 g/mol. The topological polar surface area (TPSA) is 15.3 Å². The summed E-state index contributed by atoms with van der Waals surface area (Å²) in [7, 11) is 6.24. The summed E-state index contributed by atoms with van der Waals surface area (Å²) in [5.41, 5.74) is 0. The fraction of sp³-hybridized carbons (Fsp3) is 0.800. The van der Waals surface area contributed by atoms with Gasteiger partial charge in [0.25, 0.3) is 0 Å². The van der Waals surface area contributed by atoms with Crippen LogP contribution >= 0.6 is 0 Å². The normalized spacial score (nSPS) is 13.0. The van der Waals surface area contributed by atoms with Crippen molar-refractivity contribution in [2.75, 3.05) is 34.1 Å². The van der Waals surface area contributed by atoms with Gasteiger partial charge in [-0.05, 0) is 46.4 Å². The second-order valence-corrected chi connectivity index (χ2v) is 4.03. The Bertz CT molecular complexity index is 137. The van der Waals surface area contributed by atoms with Gasteiger partial charge in [-0.1, -0.05) is 12.9 Å². The monoisotopic (exact) mass is 182 g/mol. The van der Waals surface area contributed by atoms with E-state index in [1.807, 2.05) is 7.05 Å². The lowest BCUT2D eigenvalue weighted by atomic mass is 9.42. The van der Waals surface area contributed by atoms with E-state index in [1.54, 1.807) is 0 Å². The van der Waals surface area contributed by atoms with Crippen molar-refractivity contribution in [3.8, 4) is 0 Å². The molecule has 13 heavy (non-hydrogen) atoms. The van der Waals surface area contributed by atoms with Crippen LogP contribution in [0.25, 0.3) is 0 Å². The molecule has 0 bridgehead atoms. The zero-order valence-electron chi connectivity index (χ0n) is 9.51. The van der Waals surface area contributed by atoms with E-state index in [-0.39, 0.29) is 0 Å². The van der Waals surface area contributed by atoms with Crippen LogP contribution in [0.2, 0.25) is 12.6 Å². The van der Waals surface area contributed by atoms with E-state index in [4.69, 9.17) is 0 Å². The van der Waals surface area contributed by atoms with Gasteiger partial charge in [-0.15, -0.1) is 6.58 Å². The number of hydrogen-bond donors (Lipinski definition) is 1.